The lowest BCUT2D eigenvalue weighted by Gasteiger charge is -2.34. The number of aromatic nitrogens is 3. The minimum absolute atomic E-state index is 0.530. The van der Waals surface area contributed by atoms with Crippen molar-refractivity contribution in [1.82, 2.24) is 15.0 Å². The molecule has 0 N–H and O–H groups in total. The highest BCUT2D eigenvalue weighted by atomic mass is 16.3. The van der Waals surface area contributed by atoms with Gasteiger partial charge in [0.25, 0.3) is 0 Å². The first-order valence-electron chi connectivity index (χ1n) is 21.0. The van der Waals surface area contributed by atoms with Crippen LogP contribution in [0.1, 0.15) is 22.3 Å². The van der Waals surface area contributed by atoms with E-state index < -0.39 is 5.41 Å². The quantitative estimate of drug-likeness (QED) is 0.161. The molecule has 0 atom stereocenters. The third-order valence-electron chi connectivity index (χ3n) is 12.4. The highest BCUT2D eigenvalue weighted by Crippen LogP contribution is 2.58. The molecule has 4 heteroatoms. The largest absolute Gasteiger partial charge is 0.454 e. The Morgan fingerprint density at radius 3 is 1.66 bits per heavy atom. The van der Waals surface area contributed by atoms with Gasteiger partial charge in [-0.05, 0) is 92.5 Å². The van der Waals surface area contributed by atoms with Crippen LogP contribution in [0.2, 0.25) is 0 Å². The Bertz CT molecular complexity index is 3350. The predicted octanol–water partition coefficient (Wildman–Crippen LogP) is 14.5. The van der Waals surface area contributed by atoms with Crippen molar-refractivity contribution in [3.05, 3.63) is 247 Å². The van der Waals surface area contributed by atoms with Crippen LogP contribution in [0.4, 0.5) is 0 Å². The summed E-state index contributed by atoms with van der Waals surface area (Å²) in [6.45, 7) is 0. The van der Waals surface area contributed by atoms with Gasteiger partial charge in [-0.15, -0.1) is 0 Å². The van der Waals surface area contributed by atoms with Crippen molar-refractivity contribution in [3.63, 3.8) is 0 Å². The maximum Gasteiger partial charge on any atom is 0.161 e. The Labute approximate surface area is 359 Å². The minimum Gasteiger partial charge on any atom is -0.454 e. The van der Waals surface area contributed by atoms with E-state index in [1.165, 1.54) is 33.4 Å². The molecule has 0 spiro atoms. The van der Waals surface area contributed by atoms with Gasteiger partial charge in [-0.3, -0.25) is 4.98 Å². The monoisotopic (exact) mass is 791 g/mol. The second-order valence-corrected chi connectivity index (χ2v) is 15.9. The summed E-state index contributed by atoms with van der Waals surface area (Å²) in [6.07, 6.45) is 1.89. The molecule has 0 fully saturated rings. The smallest absolute Gasteiger partial charge is 0.161 e. The lowest BCUT2D eigenvalue weighted by Crippen LogP contribution is -2.28. The SMILES string of the molecule is c1ccc(-c2cc(-c3cc(-c4cccc5c4-c4ccccc4C5(c4ccccc4)c4ccccc4)cc(-c4ccnc5c4oc4ccccc45)c3)nc(-c3ccccc3)n2)cc1. The summed E-state index contributed by atoms with van der Waals surface area (Å²) in [7, 11) is 0. The van der Waals surface area contributed by atoms with Gasteiger partial charge in [0.15, 0.2) is 11.4 Å². The van der Waals surface area contributed by atoms with Crippen LogP contribution in [0.5, 0.6) is 0 Å². The van der Waals surface area contributed by atoms with E-state index in [0.29, 0.717) is 5.82 Å². The Balaban J connectivity index is 1.16. The van der Waals surface area contributed by atoms with E-state index in [4.69, 9.17) is 19.4 Å². The van der Waals surface area contributed by atoms with Crippen LogP contribution in [0, 0.1) is 0 Å². The zero-order valence-electron chi connectivity index (χ0n) is 33.6. The van der Waals surface area contributed by atoms with Crippen LogP contribution in [0.3, 0.4) is 0 Å². The van der Waals surface area contributed by atoms with Crippen molar-refractivity contribution < 1.29 is 4.42 Å². The molecule has 4 nitrogen and oxygen atoms in total. The Morgan fingerprint density at radius 1 is 0.387 bits per heavy atom. The van der Waals surface area contributed by atoms with Crippen LogP contribution < -0.4 is 0 Å². The highest BCUT2D eigenvalue weighted by molar-refractivity contribution is 6.08. The van der Waals surface area contributed by atoms with E-state index in [1.807, 2.05) is 48.7 Å². The average molecular weight is 792 g/mol. The number of hydrogen-bond acceptors (Lipinski definition) is 4. The molecule has 1 aliphatic rings. The molecule has 0 bridgehead atoms. The molecular formula is C58H37N3O. The molecule has 0 aliphatic heterocycles. The van der Waals surface area contributed by atoms with Gasteiger partial charge in [-0.2, -0.15) is 0 Å². The second kappa shape index (κ2) is 14.5. The van der Waals surface area contributed by atoms with Crippen LogP contribution >= 0.6 is 0 Å². The molecule has 62 heavy (non-hydrogen) atoms. The van der Waals surface area contributed by atoms with Gasteiger partial charge < -0.3 is 4.42 Å². The maximum atomic E-state index is 6.64. The molecule has 3 aromatic heterocycles. The number of hydrogen-bond donors (Lipinski definition) is 0. The lowest BCUT2D eigenvalue weighted by molar-refractivity contribution is 0.669. The number of nitrogens with zero attached hydrogens (tertiary/aromatic N) is 3. The first kappa shape index (κ1) is 35.7. The molecule has 0 saturated heterocycles. The number of furan rings is 1. The van der Waals surface area contributed by atoms with Crippen molar-refractivity contribution in [1.29, 1.82) is 0 Å². The maximum absolute atomic E-state index is 6.64. The summed E-state index contributed by atoms with van der Waals surface area (Å²) in [5.41, 5.74) is 18.1. The summed E-state index contributed by atoms with van der Waals surface area (Å²) in [5.74, 6) is 0.669. The topological polar surface area (TPSA) is 51.8 Å². The molecule has 0 radical (unpaired) electrons. The van der Waals surface area contributed by atoms with Crippen LogP contribution in [0.25, 0.3) is 89.4 Å². The van der Waals surface area contributed by atoms with Crippen molar-refractivity contribution in [2.75, 3.05) is 0 Å². The summed E-state index contributed by atoms with van der Waals surface area (Å²) in [6, 6.07) is 77.5. The van der Waals surface area contributed by atoms with Gasteiger partial charge in [-0.1, -0.05) is 176 Å². The summed E-state index contributed by atoms with van der Waals surface area (Å²) >= 11 is 0. The second-order valence-electron chi connectivity index (χ2n) is 15.9. The average Bonchev–Trinajstić information content (AvgIpc) is 3.89. The number of benzene rings is 8. The van der Waals surface area contributed by atoms with Crippen LogP contribution in [-0.4, -0.2) is 15.0 Å². The highest BCUT2D eigenvalue weighted by Gasteiger charge is 2.46. The predicted molar refractivity (Wildman–Crippen MR) is 252 cm³/mol. The van der Waals surface area contributed by atoms with Crippen molar-refractivity contribution in [2.45, 2.75) is 5.41 Å². The van der Waals surface area contributed by atoms with Gasteiger partial charge in [0.05, 0.1) is 16.8 Å². The third-order valence-corrected chi connectivity index (χ3v) is 12.4. The van der Waals surface area contributed by atoms with E-state index in [-0.39, 0.29) is 0 Å². The molecule has 290 valence electrons. The first-order valence-corrected chi connectivity index (χ1v) is 21.0. The third kappa shape index (κ3) is 5.65. The minimum atomic E-state index is -0.530. The number of fused-ring (bicyclic) bond motifs is 6. The van der Waals surface area contributed by atoms with Crippen molar-refractivity contribution in [2.24, 2.45) is 0 Å². The molecule has 12 rings (SSSR count). The fourth-order valence-corrected chi connectivity index (χ4v) is 9.72. The number of pyridine rings is 1. The lowest BCUT2D eigenvalue weighted by atomic mass is 9.67. The first-order chi connectivity index (χ1) is 30.7. The van der Waals surface area contributed by atoms with E-state index in [2.05, 4.69) is 176 Å². The summed E-state index contributed by atoms with van der Waals surface area (Å²) in [4.78, 5) is 15.3. The molecule has 0 saturated carbocycles. The molecule has 1 aliphatic carbocycles. The van der Waals surface area contributed by atoms with Gasteiger partial charge >= 0.3 is 0 Å². The van der Waals surface area contributed by atoms with Gasteiger partial charge in [-0.25, -0.2) is 9.97 Å². The van der Waals surface area contributed by atoms with Gasteiger partial charge in [0, 0.05) is 33.8 Å². The van der Waals surface area contributed by atoms with Gasteiger partial charge in [0.2, 0.25) is 0 Å². The zero-order chi connectivity index (χ0) is 41.0. The summed E-state index contributed by atoms with van der Waals surface area (Å²) < 4.78 is 6.64. The molecule has 3 heterocycles. The van der Waals surface area contributed by atoms with E-state index in [0.717, 1.165) is 72.4 Å². The van der Waals surface area contributed by atoms with Crippen molar-refractivity contribution >= 4 is 22.1 Å². The van der Waals surface area contributed by atoms with E-state index in [1.54, 1.807) is 0 Å². The zero-order valence-corrected chi connectivity index (χ0v) is 33.6. The van der Waals surface area contributed by atoms with Crippen LogP contribution in [-0.2, 0) is 5.41 Å². The molecular weight excluding hydrogens is 755 g/mol. The Kier molecular flexibility index (Phi) is 8.36. The van der Waals surface area contributed by atoms with E-state index >= 15 is 0 Å². The fraction of sp³-hybridized carbons (Fsp3) is 0.0172. The summed E-state index contributed by atoms with van der Waals surface area (Å²) in [5, 5.41) is 0.993. The number of para-hydroxylation sites is 1. The van der Waals surface area contributed by atoms with Crippen molar-refractivity contribution in [3.8, 4) is 67.3 Å². The fourth-order valence-electron chi connectivity index (χ4n) is 9.72. The Morgan fingerprint density at radius 2 is 0.935 bits per heavy atom. The van der Waals surface area contributed by atoms with Gasteiger partial charge in [0.1, 0.15) is 11.1 Å². The molecule has 0 amide bonds. The Hall–Kier alpha value is -8.21. The van der Waals surface area contributed by atoms with E-state index in [9.17, 15) is 0 Å². The normalized spacial score (nSPS) is 12.6. The standard InChI is InChI=1S/C58H37N3O/c1-5-18-38(19-6-1)51-37-52(61-57(60-51)39-20-7-2-8-21-39)42-35-40(34-41(36-42)46-32-33-59-55-48-27-14-16-31-53(48)62-56(46)55)45-28-17-30-50-54(45)47-26-13-15-29-49(47)58(50,43-22-9-3-10-23-43)44-24-11-4-12-25-44/h1-37H. The number of rotatable bonds is 7. The molecule has 8 aromatic carbocycles. The molecule has 0 unspecified atom stereocenters. The molecule has 11 aromatic rings. The van der Waals surface area contributed by atoms with Crippen LogP contribution in [0.15, 0.2) is 229 Å².